The summed E-state index contributed by atoms with van der Waals surface area (Å²) < 4.78 is 37.7. The fraction of sp³-hybridized carbons (Fsp3) is 0.143. The van der Waals surface area contributed by atoms with Crippen LogP contribution in [0.1, 0.15) is 11.9 Å². The van der Waals surface area contributed by atoms with Gasteiger partial charge in [-0.05, 0) is 6.07 Å². The van der Waals surface area contributed by atoms with Gasteiger partial charge in [-0.2, -0.15) is 0 Å². The maximum atomic E-state index is 12.7. The highest BCUT2D eigenvalue weighted by atomic mass is 19.2. The van der Waals surface area contributed by atoms with Gasteiger partial charge in [-0.25, -0.2) is 19.1 Å². The minimum absolute atomic E-state index is 0.544. The third kappa shape index (κ3) is 1.57. The topological polar surface area (TPSA) is 35.2 Å². The standard InChI is InChI=1S/C7H6F3NO/c8-5-3-1-2-4(6(5)9)7(10)12-11/h1-3,7H,11H2. The monoisotopic (exact) mass is 177 g/mol. The SMILES string of the molecule is NOC(F)c1cccc(F)c1F. The third-order valence-corrected chi connectivity index (χ3v) is 1.35. The summed E-state index contributed by atoms with van der Waals surface area (Å²) in [5, 5.41) is 0. The van der Waals surface area contributed by atoms with Crippen molar-refractivity contribution in [2.45, 2.75) is 6.36 Å². The fourth-order valence-corrected chi connectivity index (χ4v) is 0.769. The second-order valence-electron chi connectivity index (χ2n) is 2.10. The first-order chi connectivity index (χ1) is 5.66. The van der Waals surface area contributed by atoms with E-state index in [0.717, 1.165) is 12.1 Å². The zero-order chi connectivity index (χ0) is 9.14. The van der Waals surface area contributed by atoms with Crippen LogP contribution in [0.3, 0.4) is 0 Å². The highest BCUT2D eigenvalue weighted by Gasteiger charge is 2.16. The van der Waals surface area contributed by atoms with Gasteiger partial charge in [-0.1, -0.05) is 12.1 Å². The Bertz CT molecular complexity index is 279. The Morgan fingerprint density at radius 3 is 2.58 bits per heavy atom. The molecule has 0 saturated carbocycles. The van der Waals surface area contributed by atoms with E-state index in [2.05, 4.69) is 10.7 Å². The van der Waals surface area contributed by atoms with Crippen molar-refractivity contribution in [2.75, 3.05) is 0 Å². The van der Waals surface area contributed by atoms with E-state index in [1.165, 1.54) is 6.07 Å². The summed E-state index contributed by atoms with van der Waals surface area (Å²) in [6, 6.07) is 3.09. The first-order valence-electron chi connectivity index (χ1n) is 3.10. The summed E-state index contributed by atoms with van der Waals surface area (Å²) in [6.07, 6.45) is -2.14. The van der Waals surface area contributed by atoms with E-state index in [4.69, 9.17) is 0 Å². The van der Waals surface area contributed by atoms with Crippen LogP contribution in [0.4, 0.5) is 13.2 Å². The van der Waals surface area contributed by atoms with E-state index in [1.807, 2.05) is 0 Å². The average molecular weight is 177 g/mol. The minimum Gasteiger partial charge on any atom is -0.262 e. The molecule has 1 atom stereocenters. The summed E-state index contributed by atoms with van der Waals surface area (Å²) in [5.41, 5.74) is -0.544. The number of rotatable bonds is 2. The van der Waals surface area contributed by atoms with Crippen LogP contribution in [0, 0.1) is 11.6 Å². The summed E-state index contributed by atoms with van der Waals surface area (Å²) in [6.45, 7) is 0. The van der Waals surface area contributed by atoms with Crippen molar-refractivity contribution in [2.24, 2.45) is 5.90 Å². The molecule has 0 fully saturated rings. The average Bonchev–Trinajstić information content (AvgIpc) is 2.08. The quantitative estimate of drug-likeness (QED) is 0.699. The summed E-state index contributed by atoms with van der Waals surface area (Å²) in [7, 11) is 0. The van der Waals surface area contributed by atoms with E-state index in [9.17, 15) is 13.2 Å². The molecular formula is C7H6F3NO. The van der Waals surface area contributed by atoms with Crippen LogP contribution in [-0.4, -0.2) is 0 Å². The van der Waals surface area contributed by atoms with Crippen LogP contribution in [0.15, 0.2) is 18.2 Å². The Labute approximate surface area is 66.7 Å². The Kier molecular flexibility index (Phi) is 2.67. The van der Waals surface area contributed by atoms with Crippen molar-refractivity contribution >= 4 is 0 Å². The maximum absolute atomic E-state index is 12.7. The molecule has 0 radical (unpaired) electrons. The van der Waals surface area contributed by atoms with Gasteiger partial charge in [0, 0.05) is 0 Å². The van der Waals surface area contributed by atoms with Crippen LogP contribution >= 0.6 is 0 Å². The Morgan fingerprint density at radius 1 is 1.33 bits per heavy atom. The molecule has 0 aliphatic rings. The molecule has 1 aromatic carbocycles. The number of benzene rings is 1. The third-order valence-electron chi connectivity index (χ3n) is 1.35. The molecular weight excluding hydrogens is 171 g/mol. The molecule has 0 bridgehead atoms. The van der Waals surface area contributed by atoms with E-state index < -0.39 is 23.6 Å². The first kappa shape index (κ1) is 9.02. The second-order valence-corrected chi connectivity index (χ2v) is 2.10. The molecule has 0 spiro atoms. The molecule has 2 nitrogen and oxygen atoms in total. The van der Waals surface area contributed by atoms with Gasteiger partial charge in [0.05, 0.1) is 5.56 Å². The molecule has 0 amide bonds. The van der Waals surface area contributed by atoms with Gasteiger partial charge in [0.1, 0.15) is 0 Å². The fourth-order valence-electron chi connectivity index (χ4n) is 0.769. The maximum Gasteiger partial charge on any atom is 0.245 e. The molecule has 0 saturated heterocycles. The van der Waals surface area contributed by atoms with Crippen LogP contribution in [0.2, 0.25) is 0 Å². The number of nitrogens with two attached hydrogens (primary N) is 1. The highest BCUT2D eigenvalue weighted by molar-refractivity contribution is 5.19. The van der Waals surface area contributed by atoms with Crippen LogP contribution in [0.25, 0.3) is 0 Å². The Balaban J connectivity index is 3.07. The second kappa shape index (κ2) is 3.55. The van der Waals surface area contributed by atoms with Crippen molar-refractivity contribution in [3.8, 4) is 0 Å². The lowest BCUT2D eigenvalue weighted by molar-refractivity contribution is -0.0456. The molecule has 0 aliphatic carbocycles. The lowest BCUT2D eigenvalue weighted by Gasteiger charge is -2.06. The molecule has 2 N–H and O–H groups in total. The lowest BCUT2D eigenvalue weighted by Crippen LogP contribution is -2.06. The van der Waals surface area contributed by atoms with Gasteiger partial charge in [0.2, 0.25) is 6.36 Å². The first-order valence-corrected chi connectivity index (χ1v) is 3.10. The number of hydrogen-bond donors (Lipinski definition) is 1. The number of alkyl halides is 1. The molecule has 1 unspecified atom stereocenters. The Hall–Kier alpha value is -1.07. The molecule has 1 aromatic rings. The van der Waals surface area contributed by atoms with Gasteiger partial charge < -0.3 is 0 Å². The highest BCUT2D eigenvalue weighted by Crippen LogP contribution is 2.21. The van der Waals surface area contributed by atoms with Crippen LogP contribution in [-0.2, 0) is 4.84 Å². The number of halogens is 3. The van der Waals surface area contributed by atoms with E-state index in [-0.39, 0.29) is 0 Å². The van der Waals surface area contributed by atoms with Crippen molar-refractivity contribution in [1.82, 2.24) is 0 Å². The summed E-state index contributed by atoms with van der Waals surface area (Å²) in [4.78, 5) is 3.70. The van der Waals surface area contributed by atoms with Gasteiger partial charge in [0.15, 0.2) is 11.6 Å². The van der Waals surface area contributed by atoms with Gasteiger partial charge in [0.25, 0.3) is 0 Å². The largest absolute Gasteiger partial charge is 0.262 e. The molecule has 0 aromatic heterocycles. The summed E-state index contributed by atoms with van der Waals surface area (Å²) >= 11 is 0. The predicted molar refractivity (Wildman–Crippen MR) is 35.5 cm³/mol. The van der Waals surface area contributed by atoms with Crippen molar-refractivity contribution in [1.29, 1.82) is 0 Å². The smallest absolute Gasteiger partial charge is 0.245 e. The van der Waals surface area contributed by atoms with Crippen LogP contribution < -0.4 is 5.90 Å². The molecule has 12 heavy (non-hydrogen) atoms. The molecule has 0 heterocycles. The Morgan fingerprint density at radius 2 is 2.00 bits per heavy atom. The van der Waals surface area contributed by atoms with Crippen LogP contribution in [0.5, 0.6) is 0 Å². The molecule has 1 rings (SSSR count). The van der Waals surface area contributed by atoms with Crippen molar-refractivity contribution in [3.05, 3.63) is 35.4 Å². The van der Waals surface area contributed by atoms with Gasteiger partial charge in [-0.3, -0.25) is 4.84 Å². The van der Waals surface area contributed by atoms with Crippen molar-refractivity contribution < 1.29 is 18.0 Å². The van der Waals surface area contributed by atoms with Gasteiger partial charge >= 0.3 is 0 Å². The number of hydrogen-bond acceptors (Lipinski definition) is 2. The normalized spacial score (nSPS) is 13.0. The van der Waals surface area contributed by atoms with Crippen molar-refractivity contribution in [3.63, 3.8) is 0 Å². The molecule has 66 valence electrons. The minimum atomic E-state index is -2.14. The lowest BCUT2D eigenvalue weighted by atomic mass is 10.2. The van der Waals surface area contributed by atoms with E-state index >= 15 is 0 Å². The molecule has 0 aliphatic heterocycles. The van der Waals surface area contributed by atoms with Gasteiger partial charge in [-0.15, -0.1) is 0 Å². The van der Waals surface area contributed by atoms with E-state index in [1.54, 1.807) is 0 Å². The zero-order valence-corrected chi connectivity index (χ0v) is 5.93. The van der Waals surface area contributed by atoms with E-state index in [0.29, 0.717) is 0 Å². The predicted octanol–water partition coefficient (Wildman–Crippen LogP) is 1.82. The summed E-state index contributed by atoms with van der Waals surface area (Å²) in [5.74, 6) is 2.04. The zero-order valence-electron chi connectivity index (χ0n) is 5.93. The molecule has 5 heteroatoms.